The van der Waals surface area contributed by atoms with Crippen LogP contribution in [0.15, 0.2) is 24.3 Å². The van der Waals surface area contributed by atoms with E-state index in [-0.39, 0.29) is 5.56 Å². The summed E-state index contributed by atoms with van der Waals surface area (Å²) in [4.78, 5) is 0. The normalized spacial score (nSPS) is 26.2. The van der Waals surface area contributed by atoms with Crippen molar-refractivity contribution in [1.29, 1.82) is 0 Å². The lowest BCUT2D eigenvalue weighted by Crippen LogP contribution is -2.43. The fourth-order valence-electron chi connectivity index (χ4n) is 3.08. The van der Waals surface area contributed by atoms with Crippen molar-refractivity contribution >= 4 is 0 Å². The molecule has 0 aliphatic heterocycles. The van der Waals surface area contributed by atoms with Crippen LogP contribution in [0.5, 0.6) is 0 Å². The first-order valence-corrected chi connectivity index (χ1v) is 7.82. The molecule has 0 radical (unpaired) electrons. The third kappa shape index (κ3) is 4.75. The van der Waals surface area contributed by atoms with Crippen molar-refractivity contribution in [2.45, 2.75) is 57.6 Å². The van der Waals surface area contributed by atoms with Gasteiger partial charge in [0.15, 0.2) is 0 Å². The molecule has 118 valence electrons. The van der Waals surface area contributed by atoms with Crippen LogP contribution in [0.4, 0.5) is 8.78 Å². The van der Waals surface area contributed by atoms with Gasteiger partial charge in [-0.3, -0.25) is 0 Å². The molecular formula is C17H25F2NO. The lowest BCUT2D eigenvalue weighted by Gasteiger charge is -2.36. The zero-order valence-corrected chi connectivity index (χ0v) is 12.6. The van der Waals surface area contributed by atoms with E-state index in [0.717, 1.165) is 37.2 Å². The molecule has 2 nitrogen and oxygen atoms in total. The summed E-state index contributed by atoms with van der Waals surface area (Å²) in [5.74, 6) is 0.744. The van der Waals surface area contributed by atoms with Crippen LogP contribution >= 0.6 is 0 Å². The van der Waals surface area contributed by atoms with E-state index in [4.69, 9.17) is 0 Å². The highest BCUT2D eigenvalue weighted by molar-refractivity contribution is 5.24. The van der Waals surface area contributed by atoms with E-state index >= 15 is 0 Å². The van der Waals surface area contributed by atoms with Gasteiger partial charge in [0.25, 0.3) is 6.43 Å². The molecule has 0 bridgehead atoms. The highest BCUT2D eigenvalue weighted by Gasteiger charge is 2.32. The third-order valence-corrected chi connectivity index (χ3v) is 4.60. The van der Waals surface area contributed by atoms with Gasteiger partial charge in [0.1, 0.15) is 0 Å². The Labute approximate surface area is 125 Å². The summed E-state index contributed by atoms with van der Waals surface area (Å²) < 4.78 is 25.3. The first-order valence-electron chi connectivity index (χ1n) is 7.82. The molecule has 4 heteroatoms. The van der Waals surface area contributed by atoms with Crippen LogP contribution in [-0.2, 0) is 6.54 Å². The number of hydrogen-bond acceptors (Lipinski definition) is 2. The van der Waals surface area contributed by atoms with Crippen LogP contribution in [0.3, 0.4) is 0 Å². The molecule has 0 saturated heterocycles. The largest absolute Gasteiger partial charge is 0.389 e. The predicted octanol–water partition coefficient (Wildman–Crippen LogP) is 4.05. The standard InChI is InChI=1S/C17H25F2NO/c1-2-13-6-8-17(21,9-7-13)12-20-11-14-4-3-5-15(10-14)16(18)19/h3-5,10,13,16,20-21H,2,6-9,11-12H2,1H3. The maximum atomic E-state index is 12.6. The second-order valence-electron chi connectivity index (χ2n) is 6.23. The molecule has 1 aromatic carbocycles. The topological polar surface area (TPSA) is 32.3 Å². The lowest BCUT2D eigenvalue weighted by atomic mass is 9.78. The van der Waals surface area contributed by atoms with Gasteiger partial charge in [-0.2, -0.15) is 0 Å². The molecule has 1 aliphatic rings. The summed E-state index contributed by atoms with van der Waals surface area (Å²) in [6, 6.07) is 6.44. The summed E-state index contributed by atoms with van der Waals surface area (Å²) in [7, 11) is 0. The summed E-state index contributed by atoms with van der Waals surface area (Å²) >= 11 is 0. The van der Waals surface area contributed by atoms with Crippen molar-refractivity contribution in [3.05, 3.63) is 35.4 Å². The summed E-state index contributed by atoms with van der Waals surface area (Å²) in [6.45, 7) is 3.24. The van der Waals surface area contributed by atoms with Gasteiger partial charge in [0.05, 0.1) is 5.60 Å². The van der Waals surface area contributed by atoms with Gasteiger partial charge in [0, 0.05) is 18.7 Å². The minimum absolute atomic E-state index is 0.0523. The maximum Gasteiger partial charge on any atom is 0.263 e. The van der Waals surface area contributed by atoms with E-state index in [1.807, 2.05) is 6.07 Å². The third-order valence-electron chi connectivity index (χ3n) is 4.60. The van der Waals surface area contributed by atoms with Crippen LogP contribution in [0, 0.1) is 5.92 Å². The summed E-state index contributed by atoms with van der Waals surface area (Å²) in [5.41, 5.74) is 0.251. The van der Waals surface area contributed by atoms with Gasteiger partial charge in [0.2, 0.25) is 0 Å². The molecule has 1 fully saturated rings. The highest BCUT2D eigenvalue weighted by atomic mass is 19.3. The van der Waals surface area contributed by atoms with Crippen molar-refractivity contribution < 1.29 is 13.9 Å². The van der Waals surface area contributed by atoms with Crippen molar-refractivity contribution in [3.63, 3.8) is 0 Å². The minimum atomic E-state index is -2.43. The van der Waals surface area contributed by atoms with E-state index < -0.39 is 12.0 Å². The van der Waals surface area contributed by atoms with E-state index in [1.54, 1.807) is 6.07 Å². The van der Waals surface area contributed by atoms with Gasteiger partial charge in [-0.25, -0.2) is 8.78 Å². The Hall–Kier alpha value is -1.00. The summed E-state index contributed by atoms with van der Waals surface area (Å²) in [5, 5.41) is 13.7. The zero-order chi connectivity index (χ0) is 15.3. The second kappa shape index (κ2) is 7.32. The Bertz CT molecular complexity index is 442. The molecule has 0 heterocycles. The predicted molar refractivity (Wildman–Crippen MR) is 80.3 cm³/mol. The van der Waals surface area contributed by atoms with E-state index in [0.29, 0.717) is 13.1 Å². The fourth-order valence-corrected chi connectivity index (χ4v) is 3.08. The first kappa shape index (κ1) is 16.4. The van der Waals surface area contributed by atoms with E-state index in [2.05, 4.69) is 12.2 Å². The Kier molecular flexibility index (Phi) is 5.71. The van der Waals surface area contributed by atoms with Gasteiger partial charge >= 0.3 is 0 Å². The van der Waals surface area contributed by atoms with E-state index in [1.165, 1.54) is 18.6 Å². The molecule has 1 saturated carbocycles. The maximum absolute atomic E-state index is 12.6. The minimum Gasteiger partial charge on any atom is -0.389 e. The molecule has 21 heavy (non-hydrogen) atoms. The van der Waals surface area contributed by atoms with Crippen LogP contribution in [0.25, 0.3) is 0 Å². The smallest absolute Gasteiger partial charge is 0.263 e. The molecule has 2 rings (SSSR count). The monoisotopic (exact) mass is 297 g/mol. The van der Waals surface area contributed by atoms with Gasteiger partial charge in [-0.15, -0.1) is 0 Å². The molecule has 0 aromatic heterocycles. The van der Waals surface area contributed by atoms with Crippen LogP contribution < -0.4 is 5.32 Å². The molecule has 1 aromatic rings. The van der Waals surface area contributed by atoms with Crippen molar-refractivity contribution in [1.82, 2.24) is 5.32 Å². The van der Waals surface area contributed by atoms with Crippen LogP contribution in [0.1, 0.15) is 56.6 Å². The summed E-state index contributed by atoms with van der Waals surface area (Å²) in [6.07, 6.45) is 2.57. The molecule has 0 atom stereocenters. The van der Waals surface area contributed by atoms with Gasteiger partial charge < -0.3 is 10.4 Å². The van der Waals surface area contributed by atoms with Gasteiger partial charge in [-0.05, 0) is 43.2 Å². The van der Waals surface area contributed by atoms with E-state index in [9.17, 15) is 13.9 Å². The van der Waals surface area contributed by atoms with Crippen molar-refractivity contribution in [3.8, 4) is 0 Å². The SMILES string of the molecule is CCC1CCC(O)(CNCc2cccc(C(F)F)c2)CC1. The number of halogens is 2. The first-order chi connectivity index (χ1) is 10.0. The Morgan fingerprint density at radius 3 is 2.67 bits per heavy atom. The second-order valence-corrected chi connectivity index (χ2v) is 6.23. The number of nitrogens with one attached hydrogen (secondary N) is 1. The number of alkyl halides is 2. The molecule has 0 spiro atoms. The highest BCUT2D eigenvalue weighted by Crippen LogP contribution is 2.33. The lowest BCUT2D eigenvalue weighted by molar-refractivity contribution is -0.00881. The molecule has 0 amide bonds. The average Bonchev–Trinajstić information content (AvgIpc) is 2.48. The number of benzene rings is 1. The molecule has 1 aliphatic carbocycles. The molecular weight excluding hydrogens is 272 g/mol. The van der Waals surface area contributed by atoms with Crippen LogP contribution in [-0.4, -0.2) is 17.3 Å². The van der Waals surface area contributed by atoms with Crippen molar-refractivity contribution in [2.24, 2.45) is 5.92 Å². The van der Waals surface area contributed by atoms with Crippen molar-refractivity contribution in [2.75, 3.05) is 6.54 Å². The fraction of sp³-hybridized carbons (Fsp3) is 0.647. The zero-order valence-electron chi connectivity index (χ0n) is 12.6. The number of rotatable bonds is 6. The van der Waals surface area contributed by atoms with Crippen LogP contribution in [0.2, 0.25) is 0 Å². The Morgan fingerprint density at radius 1 is 1.33 bits per heavy atom. The average molecular weight is 297 g/mol. The Balaban J connectivity index is 1.80. The number of hydrogen-bond donors (Lipinski definition) is 2. The molecule has 2 N–H and O–H groups in total. The van der Waals surface area contributed by atoms with Gasteiger partial charge in [-0.1, -0.05) is 31.5 Å². The number of aliphatic hydroxyl groups is 1. The molecule has 0 unspecified atom stereocenters. The quantitative estimate of drug-likeness (QED) is 0.830. The Morgan fingerprint density at radius 2 is 2.05 bits per heavy atom.